The highest BCUT2D eigenvalue weighted by Gasteiger charge is 2.36. The average molecular weight is 322 g/mol. The van der Waals surface area contributed by atoms with Crippen molar-refractivity contribution in [2.24, 2.45) is 0 Å². The molecule has 5 heteroatoms. The number of benzene rings is 1. The van der Waals surface area contributed by atoms with Crippen LogP contribution in [-0.2, 0) is 16.0 Å². The number of piperidine rings is 1. The number of hydrogen-bond donors (Lipinski definition) is 0. The number of likely N-dealkylation sites (tertiary alicyclic amines) is 1. The monoisotopic (exact) mass is 322 g/mol. The van der Waals surface area contributed by atoms with Gasteiger partial charge in [0.05, 0.1) is 19.3 Å². The van der Waals surface area contributed by atoms with Gasteiger partial charge in [-0.25, -0.2) is 4.39 Å². The first-order valence-corrected chi connectivity index (χ1v) is 8.49. The fourth-order valence-electron chi connectivity index (χ4n) is 3.69. The Bertz CT molecular complexity index is 526. The number of methoxy groups -OCH3 is 1. The molecule has 1 aromatic rings. The van der Waals surface area contributed by atoms with Crippen LogP contribution in [0.5, 0.6) is 0 Å². The maximum absolute atomic E-state index is 13.5. The third-order valence-electron chi connectivity index (χ3n) is 5.07. The largest absolute Gasteiger partial charge is 0.383 e. The minimum absolute atomic E-state index is 0.150. The second kappa shape index (κ2) is 7.71. The third-order valence-corrected chi connectivity index (χ3v) is 5.07. The van der Waals surface area contributed by atoms with Crippen molar-refractivity contribution in [3.63, 3.8) is 0 Å². The fourth-order valence-corrected chi connectivity index (χ4v) is 3.69. The van der Waals surface area contributed by atoms with Crippen LogP contribution in [-0.4, -0.2) is 68.4 Å². The molecule has 2 aliphatic heterocycles. The highest BCUT2D eigenvalue weighted by molar-refractivity contribution is 5.26. The van der Waals surface area contributed by atoms with Crippen LogP contribution in [0.3, 0.4) is 0 Å². The lowest BCUT2D eigenvalue weighted by Gasteiger charge is -2.47. The molecule has 2 aliphatic rings. The molecule has 0 unspecified atom stereocenters. The molecule has 0 bridgehead atoms. The highest BCUT2D eigenvalue weighted by atomic mass is 19.1. The molecule has 3 rings (SSSR count). The van der Waals surface area contributed by atoms with Gasteiger partial charge in [-0.15, -0.1) is 0 Å². The van der Waals surface area contributed by atoms with Crippen molar-refractivity contribution in [2.45, 2.75) is 32.0 Å². The van der Waals surface area contributed by atoms with Gasteiger partial charge in [0, 0.05) is 45.9 Å². The van der Waals surface area contributed by atoms with E-state index in [0.29, 0.717) is 12.1 Å². The standard InChI is InChI=1S/C18H27FN2O2/c1-14-3-4-16(19)11-15(14)12-20-6-5-18-17(13-20)21(7-9-22-2)8-10-23-18/h3-4,11,17-18H,5-10,12-13H2,1-2H3/t17-,18-/m1/s1. The van der Waals surface area contributed by atoms with Crippen molar-refractivity contribution in [2.75, 3.05) is 46.5 Å². The number of hydrogen-bond acceptors (Lipinski definition) is 4. The van der Waals surface area contributed by atoms with Crippen molar-refractivity contribution < 1.29 is 13.9 Å². The lowest BCUT2D eigenvalue weighted by Crippen LogP contribution is -2.60. The molecule has 0 N–H and O–H groups in total. The van der Waals surface area contributed by atoms with E-state index >= 15 is 0 Å². The quantitative estimate of drug-likeness (QED) is 0.828. The molecule has 0 spiro atoms. The molecule has 2 saturated heterocycles. The van der Waals surface area contributed by atoms with Gasteiger partial charge in [0.1, 0.15) is 5.82 Å². The molecular formula is C18H27FN2O2. The first-order valence-electron chi connectivity index (χ1n) is 8.49. The summed E-state index contributed by atoms with van der Waals surface area (Å²) in [5.74, 6) is -0.150. The van der Waals surface area contributed by atoms with Crippen molar-refractivity contribution >= 4 is 0 Å². The Balaban J connectivity index is 1.65. The summed E-state index contributed by atoms with van der Waals surface area (Å²) >= 11 is 0. The first kappa shape index (κ1) is 16.8. The van der Waals surface area contributed by atoms with E-state index in [1.165, 1.54) is 6.07 Å². The number of morpholine rings is 1. The minimum atomic E-state index is -0.150. The first-order chi connectivity index (χ1) is 11.2. The lowest BCUT2D eigenvalue weighted by molar-refractivity contribution is -0.107. The third kappa shape index (κ3) is 4.10. The van der Waals surface area contributed by atoms with Crippen LogP contribution in [0.2, 0.25) is 0 Å². The normalized spacial score (nSPS) is 26.2. The minimum Gasteiger partial charge on any atom is -0.383 e. The van der Waals surface area contributed by atoms with Crippen molar-refractivity contribution in [1.82, 2.24) is 9.80 Å². The zero-order valence-corrected chi connectivity index (χ0v) is 14.1. The number of aryl methyl sites for hydroxylation is 1. The summed E-state index contributed by atoms with van der Waals surface area (Å²) in [6, 6.07) is 5.49. The van der Waals surface area contributed by atoms with Gasteiger partial charge in [0.2, 0.25) is 0 Å². The second-order valence-electron chi connectivity index (χ2n) is 6.60. The van der Waals surface area contributed by atoms with Crippen LogP contribution in [0, 0.1) is 12.7 Å². The van der Waals surface area contributed by atoms with Gasteiger partial charge in [-0.05, 0) is 36.6 Å². The van der Waals surface area contributed by atoms with E-state index in [-0.39, 0.29) is 5.82 Å². The number of halogens is 1. The van der Waals surface area contributed by atoms with E-state index in [2.05, 4.69) is 16.7 Å². The summed E-state index contributed by atoms with van der Waals surface area (Å²) in [5.41, 5.74) is 2.24. The molecule has 0 aliphatic carbocycles. The van der Waals surface area contributed by atoms with Gasteiger partial charge in [-0.1, -0.05) is 6.07 Å². The van der Waals surface area contributed by atoms with Crippen LogP contribution in [0.15, 0.2) is 18.2 Å². The zero-order valence-electron chi connectivity index (χ0n) is 14.1. The summed E-state index contributed by atoms with van der Waals surface area (Å²) in [7, 11) is 1.75. The van der Waals surface area contributed by atoms with E-state index in [0.717, 1.165) is 63.5 Å². The molecule has 0 saturated carbocycles. The predicted octanol–water partition coefficient (Wildman–Crippen LogP) is 2.06. The van der Waals surface area contributed by atoms with Gasteiger partial charge in [0.15, 0.2) is 0 Å². The fraction of sp³-hybridized carbons (Fsp3) is 0.667. The molecule has 0 aromatic heterocycles. The van der Waals surface area contributed by atoms with Crippen LogP contribution >= 0.6 is 0 Å². The Hall–Kier alpha value is -1.01. The Morgan fingerprint density at radius 3 is 3.04 bits per heavy atom. The van der Waals surface area contributed by atoms with Gasteiger partial charge in [-0.3, -0.25) is 9.80 Å². The average Bonchev–Trinajstić information content (AvgIpc) is 2.56. The topological polar surface area (TPSA) is 24.9 Å². The highest BCUT2D eigenvalue weighted by Crippen LogP contribution is 2.24. The molecule has 128 valence electrons. The molecule has 2 atom stereocenters. The molecule has 0 radical (unpaired) electrons. The SMILES string of the molecule is COCCN1CCO[C@@H]2CCN(Cc3cc(F)ccc3C)C[C@H]21. The molecule has 23 heavy (non-hydrogen) atoms. The summed E-state index contributed by atoms with van der Waals surface area (Å²) in [5, 5.41) is 0. The van der Waals surface area contributed by atoms with Gasteiger partial charge >= 0.3 is 0 Å². The van der Waals surface area contributed by atoms with Gasteiger partial charge < -0.3 is 9.47 Å². The second-order valence-corrected chi connectivity index (χ2v) is 6.60. The van der Waals surface area contributed by atoms with Gasteiger partial charge in [-0.2, -0.15) is 0 Å². The number of ether oxygens (including phenoxy) is 2. The van der Waals surface area contributed by atoms with Gasteiger partial charge in [0.25, 0.3) is 0 Å². The van der Waals surface area contributed by atoms with Crippen molar-refractivity contribution in [3.8, 4) is 0 Å². The Labute approximate surface area is 138 Å². The van der Waals surface area contributed by atoms with E-state index in [4.69, 9.17) is 9.47 Å². The van der Waals surface area contributed by atoms with E-state index in [1.54, 1.807) is 13.2 Å². The molecule has 4 nitrogen and oxygen atoms in total. The van der Waals surface area contributed by atoms with Crippen molar-refractivity contribution in [3.05, 3.63) is 35.1 Å². The van der Waals surface area contributed by atoms with E-state index in [1.807, 2.05) is 6.07 Å². The van der Waals surface area contributed by atoms with Crippen LogP contribution < -0.4 is 0 Å². The lowest BCUT2D eigenvalue weighted by atomic mass is 9.97. The van der Waals surface area contributed by atoms with Crippen LogP contribution in [0.4, 0.5) is 4.39 Å². The Morgan fingerprint density at radius 1 is 1.35 bits per heavy atom. The smallest absolute Gasteiger partial charge is 0.123 e. The maximum atomic E-state index is 13.5. The van der Waals surface area contributed by atoms with E-state index in [9.17, 15) is 4.39 Å². The van der Waals surface area contributed by atoms with Crippen molar-refractivity contribution in [1.29, 1.82) is 0 Å². The number of fused-ring (bicyclic) bond motifs is 1. The summed E-state index contributed by atoms with van der Waals surface area (Å²) < 4.78 is 24.7. The summed E-state index contributed by atoms with van der Waals surface area (Å²) in [6.07, 6.45) is 1.37. The van der Waals surface area contributed by atoms with E-state index < -0.39 is 0 Å². The number of rotatable bonds is 5. The molecule has 1 aromatic carbocycles. The van der Waals surface area contributed by atoms with Crippen LogP contribution in [0.1, 0.15) is 17.5 Å². The zero-order chi connectivity index (χ0) is 16.2. The summed E-state index contributed by atoms with van der Waals surface area (Å²) in [6.45, 7) is 8.34. The Morgan fingerprint density at radius 2 is 2.22 bits per heavy atom. The molecule has 2 heterocycles. The van der Waals surface area contributed by atoms with Crippen LogP contribution in [0.25, 0.3) is 0 Å². The predicted molar refractivity (Wildman–Crippen MR) is 88.0 cm³/mol. The molecule has 0 amide bonds. The molecule has 2 fully saturated rings. The molecular weight excluding hydrogens is 295 g/mol. The Kier molecular flexibility index (Phi) is 5.64. The maximum Gasteiger partial charge on any atom is 0.123 e. The summed E-state index contributed by atoms with van der Waals surface area (Å²) in [4.78, 5) is 4.92. The number of nitrogens with zero attached hydrogens (tertiary/aromatic N) is 2.